The summed E-state index contributed by atoms with van der Waals surface area (Å²) in [6, 6.07) is 5.60. The van der Waals surface area contributed by atoms with Crippen molar-refractivity contribution in [1.29, 1.82) is 0 Å². The Bertz CT molecular complexity index is 617. The quantitative estimate of drug-likeness (QED) is 0.840. The molecule has 0 amide bonds. The van der Waals surface area contributed by atoms with Crippen LogP contribution in [0, 0.1) is 0 Å². The summed E-state index contributed by atoms with van der Waals surface area (Å²) in [6.45, 7) is 2.92. The number of rotatable bonds is 5. The van der Waals surface area contributed by atoms with Crippen molar-refractivity contribution in [2.75, 3.05) is 34.4 Å². The van der Waals surface area contributed by atoms with Crippen LogP contribution < -0.4 is 9.47 Å². The Balaban J connectivity index is 2.38. The molecule has 0 N–H and O–H groups in total. The molecule has 2 rings (SSSR count). The largest absolute Gasteiger partial charge is 0.497 e. The summed E-state index contributed by atoms with van der Waals surface area (Å²) < 4.78 is 12.6. The lowest BCUT2D eigenvalue weighted by Gasteiger charge is -2.10. The Labute approximate surface area is 118 Å². The fourth-order valence-electron chi connectivity index (χ4n) is 2.02. The maximum absolute atomic E-state index is 11.7. The summed E-state index contributed by atoms with van der Waals surface area (Å²) in [5.74, 6) is 1.41. The second-order valence-electron chi connectivity index (χ2n) is 4.92. The second-order valence-corrected chi connectivity index (χ2v) is 4.92. The normalized spacial score (nSPS) is 11.1. The van der Waals surface area contributed by atoms with Crippen molar-refractivity contribution in [3.8, 4) is 11.5 Å². The number of benzene rings is 1. The first-order valence-electron chi connectivity index (χ1n) is 6.50. The lowest BCUT2D eigenvalue weighted by atomic mass is 10.2. The summed E-state index contributed by atoms with van der Waals surface area (Å²) in [5, 5.41) is 0.887. The fourth-order valence-corrected chi connectivity index (χ4v) is 2.02. The molecule has 0 spiro atoms. The van der Waals surface area contributed by atoms with Crippen LogP contribution in [0.1, 0.15) is 11.7 Å². The number of carbonyl (C=O) groups is 1. The first-order valence-corrected chi connectivity index (χ1v) is 6.50. The van der Waals surface area contributed by atoms with Gasteiger partial charge in [-0.2, -0.15) is 0 Å². The Morgan fingerprint density at radius 1 is 1.35 bits per heavy atom. The highest BCUT2D eigenvalue weighted by Gasteiger charge is 2.13. The van der Waals surface area contributed by atoms with Crippen LogP contribution in [0.3, 0.4) is 0 Å². The number of hydrogen-bond acceptors (Lipinski definition) is 4. The van der Waals surface area contributed by atoms with E-state index in [1.807, 2.05) is 37.2 Å². The SMILES string of the molecule is COc1ccc2c(c1)c(OCCN(C)C)cn2C(C)=O. The van der Waals surface area contributed by atoms with Gasteiger partial charge in [0.15, 0.2) is 0 Å². The molecule has 0 fully saturated rings. The molecule has 0 bridgehead atoms. The molecule has 1 heterocycles. The Kier molecular flexibility index (Phi) is 4.29. The summed E-state index contributed by atoms with van der Waals surface area (Å²) in [5.41, 5.74) is 0.832. The lowest BCUT2D eigenvalue weighted by molar-refractivity contribution is 0.0941. The number of aromatic nitrogens is 1. The Hall–Kier alpha value is -2.01. The highest BCUT2D eigenvalue weighted by atomic mass is 16.5. The molecule has 0 radical (unpaired) electrons. The minimum Gasteiger partial charge on any atom is -0.497 e. The molecule has 0 aliphatic carbocycles. The topological polar surface area (TPSA) is 43.7 Å². The van der Waals surface area contributed by atoms with Crippen LogP contribution in [0.2, 0.25) is 0 Å². The number of carbonyl (C=O) groups excluding carboxylic acids is 1. The minimum absolute atomic E-state index is 0.0392. The first-order chi connectivity index (χ1) is 9.52. The standard InChI is InChI=1S/C15H20N2O3/c1-11(18)17-10-15(20-8-7-16(2)3)13-9-12(19-4)5-6-14(13)17/h5-6,9-10H,7-8H2,1-4H3. The fraction of sp³-hybridized carbons (Fsp3) is 0.400. The Morgan fingerprint density at radius 3 is 2.70 bits per heavy atom. The number of fused-ring (bicyclic) bond motifs is 1. The molecule has 0 aliphatic rings. The molecule has 5 nitrogen and oxygen atoms in total. The minimum atomic E-state index is -0.0392. The monoisotopic (exact) mass is 276 g/mol. The molecule has 0 saturated carbocycles. The third-order valence-electron chi connectivity index (χ3n) is 3.11. The molecular formula is C15H20N2O3. The molecular weight excluding hydrogens is 256 g/mol. The predicted octanol–water partition coefficient (Wildman–Crippen LogP) is 2.25. The van der Waals surface area contributed by atoms with Gasteiger partial charge in [-0.1, -0.05) is 0 Å². The number of nitrogens with zero attached hydrogens (tertiary/aromatic N) is 2. The van der Waals surface area contributed by atoms with E-state index >= 15 is 0 Å². The zero-order valence-corrected chi connectivity index (χ0v) is 12.3. The molecule has 108 valence electrons. The van der Waals surface area contributed by atoms with Crippen LogP contribution in [0.25, 0.3) is 10.9 Å². The van der Waals surface area contributed by atoms with Crippen molar-refractivity contribution in [3.63, 3.8) is 0 Å². The van der Waals surface area contributed by atoms with Gasteiger partial charge in [0.25, 0.3) is 0 Å². The molecule has 5 heteroatoms. The highest BCUT2D eigenvalue weighted by molar-refractivity contribution is 5.96. The van der Waals surface area contributed by atoms with E-state index in [1.54, 1.807) is 17.9 Å². The number of ether oxygens (including phenoxy) is 2. The highest BCUT2D eigenvalue weighted by Crippen LogP contribution is 2.31. The van der Waals surface area contributed by atoms with Crippen molar-refractivity contribution in [3.05, 3.63) is 24.4 Å². The van der Waals surface area contributed by atoms with Gasteiger partial charge in [-0.05, 0) is 32.3 Å². The molecule has 1 aromatic carbocycles. The molecule has 2 aromatic rings. The smallest absolute Gasteiger partial charge is 0.228 e. The Morgan fingerprint density at radius 2 is 2.10 bits per heavy atom. The van der Waals surface area contributed by atoms with Crippen LogP contribution >= 0.6 is 0 Å². The van der Waals surface area contributed by atoms with Gasteiger partial charge in [-0.3, -0.25) is 9.36 Å². The van der Waals surface area contributed by atoms with Crippen LogP contribution in [0.5, 0.6) is 11.5 Å². The van der Waals surface area contributed by atoms with Gasteiger partial charge in [0.1, 0.15) is 18.1 Å². The number of methoxy groups -OCH3 is 1. The average molecular weight is 276 g/mol. The molecule has 0 unspecified atom stereocenters. The second kappa shape index (κ2) is 5.96. The first kappa shape index (κ1) is 14.4. The zero-order chi connectivity index (χ0) is 14.7. The third kappa shape index (κ3) is 2.93. The predicted molar refractivity (Wildman–Crippen MR) is 78.8 cm³/mol. The maximum Gasteiger partial charge on any atom is 0.228 e. The van der Waals surface area contributed by atoms with Gasteiger partial charge in [0, 0.05) is 18.9 Å². The van der Waals surface area contributed by atoms with Crippen molar-refractivity contribution >= 4 is 16.8 Å². The van der Waals surface area contributed by atoms with E-state index in [0.29, 0.717) is 12.4 Å². The molecule has 20 heavy (non-hydrogen) atoms. The van der Waals surface area contributed by atoms with Crippen LogP contribution in [-0.2, 0) is 0 Å². The van der Waals surface area contributed by atoms with E-state index in [0.717, 1.165) is 23.2 Å². The van der Waals surface area contributed by atoms with Crippen molar-refractivity contribution in [2.45, 2.75) is 6.92 Å². The van der Waals surface area contributed by atoms with Gasteiger partial charge in [0.2, 0.25) is 5.91 Å². The molecule has 1 aromatic heterocycles. The number of hydrogen-bond donors (Lipinski definition) is 0. The van der Waals surface area contributed by atoms with Gasteiger partial charge < -0.3 is 14.4 Å². The molecule has 0 atom stereocenters. The van der Waals surface area contributed by atoms with E-state index in [9.17, 15) is 4.79 Å². The van der Waals surface area contributed by atoms with Crippen molar-refractivity contribution in [2.24, 2.45) is 0 Å². The van der Waals surface area contributed by atoms with E-state index in [4.69, 9.17) is 9.47 Å². The summed E-state index contributed by atoms with van der Waals surface area (Å²) in [7, 11) is 5.60. The summed E-state index contributed by atoms with van der Waals surface area (Å²) in [6.07, 6.45) is 1.74. The third-order valence-corrected chi connectivity index (χ3v) is 3.11. The van der Waals surface area contributed by atoms with E-state index in [-0.39, 0.29) is 5.91 Å². The van der Waals surface area contributed by atoms with E-state index < -0.39 is 0 Å². The maximum atomic E-state index is 11.7. The summed E-state index contributed by atoms with van der Waals surface area (Å²) in [4.78, 5) is 13.7. The van der Waals surface area contributed by atoms with Crippen LogP contribution in [-0.4, -0.2) is 49.7 Å². The molecule has 0 aliphatic heterocycles. The summed E-state index contributed by atoms with van der Waals surface area (Å²) >= 11 is 0. The lowest BCUT2D eigenvalue weighted by Crippen LogP contribution is -2.19. The van der Waals surface area contributed by atoms with Gasteiger partial charge >= 0.3 is 0 Å². The van der Waals surface area contributed by atoms with Crippen molar-refractivity contribution in [1.82, 2.24) is 9.47 Å². The van der Waals surface area contributed by atoms with Crippen LogP contribution in [0.4, 0.5) is 0 Å². The van der Waals surface area contributed by atoms with Crippen LogP contribution in [0.15, 0.2) is 24.4 Å². The van der Waals surface area contributed by atoms with E-state index in [1.165, 1.54) is 6.92 Å². The number of likely N-dealkylation sites (N-methyl/N-ethyl adjacent to an activating group) is 1. The molecule has 0 saturated heterocycles. The zero-order valence-electron chi connectivity index (χ0n) is 12.3. The van der Waals surface area contributed by atoms with Gasteiger partial charge in [-0.15, -0.1) is 0 Å². The van der Waals surface area contributed by atoms with E-state index in [2.05, 4.69) is 0 Å². The average Bonchev–Trinajstić information content (AvgIpc) is 2.76. The van der Waals surface area contributed by atoms with Gasteiger partial charge in [0.05, 0.1) is 18.8 Å². The van der Waals surface area contributed by atoms with Crippen molar-refractivity contribution < 1.29 is 14.3 Å². The van der Waals surface area contributed by atoms with Gasteiger partial charge in [-0.25, -0.2) is 0 Å².